The van der Waals surface area contributed by atoms with Crippen LogP contribution < -0.4 is 4.72 Å². The van der Waals surface area contributed by atoms with Crippen molar-refractivity contribution in [1.29, 1.82) is 0 Å². The summed E-state index contributed by atoms with van der Waals surface area (Å²) in [5.41, 5.74) is 3.64. The molecule has 0 fully saturated rings. The van der Waals surface area contributed by atoms with Crippen LogP contribution in [0.2, 0.25) is 0 Å². The van der Waals surface area contributed by atoms with E-state index in [9.17, 15) is 18.6 Å². The summed E-state index contributed by atoms with van der Waals surface area (Å²) in [7, 11) is -4.04. The summed E-state index contributed by atoms with van der Waals surface area (Å²) in [5.74, 6) is -0.735. The van der Waals surface area contributed by atoms with Crippen molar-refractivity contribution >= 4 is 10.0 Å². The van der Waals surface area contributed by atoms with Crippen LogP contribution in [0.25, 0.3) is 0 Å². The molecule has 1 aliphatic carbocycles. The summed E-state index contributed by atoms with van der Waals surface area (Å²) in [6.45, 7) is 10.3. The Bertz CT molecular complexity index is 1150. The van der Waals surface area contributed by atoms with E-state index in [4.69, 9.17) is 0 Å². The molecule has 2 aromatic rings. The maximum absolute atomic E-state index is 13.5. The zero-order valence-corrected chi connectivity index (χ0v) is 21.3. The standard InChI is InChI=1S/C28H37NO4S/c1-5-6-8-13-22-17-25(30)26(24-16-20(4)14-15-23(24)19(2)3)27(31)28(22)34(32,33)29-18-21-11-9-7-10-12-21/h7,9-12,16-17,23-24,29-31H,2,5-6,8,13-15,18H2,1,3-4H3. The normalized spacial score (nSPS) is 18.5. The highest BCUT2D eigenvalue weighted by Crippen LogP contribution is 2.49. The van der Waals surface area contributed by atoms with E-state index in [-0.39, 0.29) is 40.3 Å². The number of unbranched alkanes of at least 4 members (excludes halogenated alkanes) is 2. The molecule has 34 heavy (non-hydrogen) atoms. The highest BCUT2D eigenvalue weighted by atomic mass is 32.2. The number of aryl methyl sites for hydroxylation is 1. The molecule has 0 saturated carbocycles. The van der Waals surface area contributed by atoms with Crippen LogP contribution in [-0.2, 0) is 23.0 Å². The molecule has 0 radical (unpaired) electrons. The lowest BCUT2D eigenvalue weighted by Gasteiger charge is -2.32. The first kappa shape index (κ1) is 26.0. The lowest BCUT2D eigenvalue weighted by Crippen LogP contribution is -2.25. The van der Waals surface area contributed by atoms with Gasteiger partial charge in [-0.05, 0) is 62.6 Å². The minimum atomic E-state index is -4.04. The van der Waals surface area contributed by atoms with Crippen LogP contribution in [0.3, 0.4) is 0 Å². The van der Waals surface area contributed by atoms with E-state index in [0.717, 1.165) is 48.8 Å². The van der Waals surface area contributed by atoms with Crippen LogP contribution in [-0.4, -0.2) is 18.6 Å². The average molecular weight is 484 g/mol. The highest BCUT2D eigenvalue weighted by Gasteiger charge is 2.34. The summed E-state index contributed by atoms with van der Waals surface area (Å²) in [6.07, 6.45) is 6.93. The molecule has 0 aliphatic heterocycles. The van der Waals surface area contributed by atoms with Gasteiger partial charge in [0.1, 0.15) is 16.4 Å². The summed E-state index contributed by atoms with van der Waals surface area (Å²) in [5, 5.41) is 22.5. The van der Waals surface area contributed by atoms with E-state index in [1.54, 1.807) is 0 Å². The number of aromatic hydroxyl groups is 2. The molecule has 1 aliphatic rings. The van der Waals surface area contributed by atoms with Gasteiger partial charge < -0.3 is 10.2 Å². The van der Waals surface area contributed by atoms with Crippen LogP contribution in [0.15, 0.2) is 65.1 Å². The lowest BCUT2D eigenvalue weighted by atomic mass is 9.73. The first-order chi connectivity index (χ1) is 16.2. The molecular formula is C28H37NO4S. The van der Waals surface area contributed by atoms with Gasteiger partial charge in [0.15, 0.2) is 0 Å². The summed E-state index contributed by atoms with van der Waals surface area (Å²) >= 11 is 0. The van der Waals surface area contributed by atoms with Crippen molar-refractivity contribution in [3.05, 3.63) is 76.9 Å². The van der Waals surface area contributed by atoms with Crippen LogP contribution in [0.1, 0.15) is 75.5 Å². The van der Waals surface area contributed by atoms with Crippen molar-refractivity contribution in [2.45, 2.75) is 76.7 Å². The maximum Gasteiger partial charge on any atom is 0.244 e. The minimum Gasteiger partial charge on any atom is -0.507 e. The number of hydrogen-bond acceptors (Lipinski definition) is 4. The molecular weight excluding hydrogens is 446 g/mol. The number of allylic oxidation sites excluding steroid dienone is 3. The number of sulfonamides is 1. The predicted molar refractivity (Wildman–Crippen MR) is 138 cm³/mol. The zero-order valence-electron chi connectivity index (χ0n) is 20.5. The van der Waals surface area contributed by atoms with E-state index in [1.165, 1.54) is 6.07 Å². The van der Waals surface area contributed by atoms with Crippen LogP contribution in [0.4, 0.5) is 0 Å². The molecule has 0 spiro atoms. The SMILES string of the molecule is C=C(C)C1CCC(C)=CC1c1c(O)cc(CCCCC)c(S(=O)(=O)NCc2ccccc2)c1O. The van der Waals surface area contributed by atoms with Gasteiger partial charge in [-0.25, -0.2) is 13.1 Å². The molecule has 184 valence electrons. The van der Waals surface area contributed by atoms with Crippen molar-refractivity contribution in [1.82, 2.24) is 4.72 Å². The van der Waals surface area contributed by atoms with Gasteiger partial charge >= 0.3 is 0 Å². The zero-order chi connectivity index (χ0) is 24.9. The van der Waals surface area contributed by atoms with E-state index < -0.39 is 10.0 Å². The maximum atomic E-state index is 13.5. The summed E-state index contributed by atoms with van der Waals surface area (Å²) in [6, 6.07) is 10.8. The molecule has 3 rings (SSSR count). The van der Waals surface area contributed by atoms with Gasteiger partial charge in [0.2, 0.25) is 10.0 Å². The van der Waals surface area contributed by atoms with Crippen molar-refractivity contribution in [3.63, 3.8) is 0 Å². The minimum absolute atomic E-state index is 0.0132. The van der Waals surface area contributed by atoms with Gasteiger partial charge in [0, 0.05) is 18.0 Å². The Morgan fingerprint density at radius 3 is 2.53 bits per heavy atom. The van der Waals surface area contributed by atoms with Gasteiger partial charge in [-0.15, -0.1) is 0 Å². The number of rotatable bonds is 10. The third-order valence-electron chi connectivity index (χ3n) is 6.69. The first-order valence-corrected chi connectivity index (χ1v) is 13.6. The van der Waals surface area contributed by atoms with Gasteiger partial charge in [0.05, 0.1) is 0 Å². The third kappa shape index (κ3) is 5.91. The van der Waals surface area contributed by atoms with Crippen LogP contribution >= 0.6 is 0 Å². The Kier molecular flexibility index (Phi) is 8.61. The second-order valence-corrected chi connectivity index (χ2v) is 11.1. The van der Waals surface area contributed by atoms with Gasteiger partial charge in [0.25, 0.3) is 0 Å². The Labute approximate surface area is 204 Å². The Hall–Kier alpha value is -2.57. The topological polar surface area (TPSA) is 86.6 Å². The van der Waals surface area contributed by atoms with Crippen LogP contribution in [0, 0.1) is 5.92 Å². The Morgan fingerprint density at radius 1 is 1.18 bits per heavy atom. The number of nitrogens with one attached hydrogen (secondary N) is 1. The van der Waals surface area contributed by atoms with Crippen LogP contribution in [0.5, 0.6) is 11.5 Å². The molecule has 0 aromatic heterocycles. The molecule has 2 aromatic carbocycles. The van der Waals surface area contributed by atoms with E-state index in [1.807, 2.05) is 50.3 Å². The fourth-order valence-electron chi connectivity index (χ4n) is 4.84. The monoisotopic (exact) mass is 483 g/mol. The smallest absolute Gasteiger partial charge is 0.244 e. The van der Waals surface area contributed by atoms with Gasteiger partial charge in [-0.2, -0.15) is 0 Å². The summed E-state index contributed by atoms with van der Waals surface area (Å²) < 4.78 is 29.7. The molecule has 0 amide bonds. The lowest BCUT2D eigenvalue weighted by molar-refractivity contribution is 0.397. The van der Waals surface area contributed by atoms with E-state index in [0.29, 0.717) is 12.0 Å². The molecule has 0 heterocycles. The second kappa shape index (κ2) is 11.2. The number of phenols is 2. The highest BCUT2D eigenvalue weighted by molar-refractivity contribution is 7.89. The number of hydrogen-bond donors (Lipinski definition) is 3. The average Bonchev–Trinajstić information content (AvgIpc) is 2.78. The van der Waals surface area contributed by atoms with Gasteiger partial charge in [-0.1, -0.05) is 73.9 Å². The molecule has 5 nitrogen and oxygen atoms in total. The Balaban J connectivity index is 2.11. The van der Waals surface area contributed by atoms with E-state index in [2.05, 4.69) is 18.2 Å². The largest absolute Gasteiger partial charge is 0.507 e. The second-order valence-electron chi connectivity index (χ2n) is 9.44. The van der Waals surface area contributed by atoms with Crippen molar-refractivity contribution in [2.75, 3.05) is 0 Å². The molecule has 6 heteroatoms. The third-order valence-corrected chi connectivity index (χ3v) is 8.21. The molecule has 0 saturated heterocycles. The molecule has 2 atom stereocenters. The Morgan fingerprint density at radius 2 is 1.88 bits per heavy atom. The number of phenolic OH excluding ortho intramolecular Hbond substituents is 2. The molecule has 0 bridgehead atoms. The molecule has 3 N–H and O–H groups in total. The van der Waals surface area contributed by atoms with Crippen molar-refractivity contribution < 1.29 is 18.6 Å². The quantitative estimate of drug-likeness (QED) is 0.272. The number of benzene rings is 2. The van der Waals surface area contributed by atoms with E-state index >= 15 is 0 Å². The van der Waals surface area contributed by atoms with Gasteiger partial charge in [-0.3, -0.25) is 0 Å². The fourth-order valence-corrected chi connectivity index (χ4v) is 6.21. The molecule has 2 unspecified atom stereocenters. The predicted octanol–water partition coefficient (Wildman–Crippen LogP) is 6.33. The fraction of sp³-hybridized carbons (Fsp3) is 0.429. The van der Waals surface area contributed by atoms with Crippen molar-refractivity contribution in [3.8, 4) is 11.5 Å². The van der Waals surface area contributed by atoms with Crippen molar-refractivity contribution in [2.24, 2.45) is 5.92 Å². The summed E-state index contributed by atoms with van der Waals surface area (Å²) in [4.78, 5) is -0.121. The first-order valence-electron chi connectivity index (χ1n) is 12.1.